The quantitative estimate of drug-likeness (QED) is 0.173. The van der Waals surface area contributed by atoms with Gasteiger partial charge in [-0.3, -0.25) is 14.7 Å². The van der Waals surface area contributed by atoms with Gasteiger partial charge in [0.15, 0.2) is 0 Å². The van der Waals surface area contributed by atoms with Gasteiger partial charge in [0, 0.05) is 48.3 Å². The van der Waals surface area contributed by atoms with Gasteiger partial charge in [0.2, 0.25) is 0 Å². The summed E-state index contributed by atoms with van der Waals surface area (Å²) in [4.78, 5) is 34.6. The van der Waals surface area contributed by atoms with Crippen molar-refractivity contribution in [2.45, 2.75) is 39.2 Å². The Bertz CT molecular complexity index is 1500. The highest BCUT2D eigenvalue weighted by molar-refractivity contribution is 6.08. The Hall–Kier alpha value is -4.69. The van der Waals surface area contributed by atoms with Gasteiger partial charge >= 0.3 is 6.09 Å². The summed E-state index contributed by atoms with van der Waals surface area (Å²) < 4.78 is 11.5. The maximum Gasteiger partial charge on any atom is 0.414 e. The first-order chi connectivity index (χ1) is 21.1. The molecule has 0 fully saturated rings. The second kappa shape index (κ2) is 15.2. The number of nitrogens with one attached hydrogen (secondary N) is 1. The van der Waals surface area contributed by atoms with Gasteiger partial charge < -0.3 is 19.7 Å². The van der Waals surface area contributed by atoms with Crippen molar-refractivity contribution in [3.8, 4) is 16.9 Å². The van der Waals surface area contributed by atoms with E-state index in [1.165, 1.54) is 0 Å². The van der Waals surface area contributed by atoms with Gasteiger partial charge in [0.05, 0.1) is 6.61 Å². The topological polar surface area (TPSA) is 84.0 Å². The largest absolute Gasteiger partial charge is 0.494 e. The van der Waals surface area contributed by atoms with Gasteiger partial charge in [-0.25, -0.2) is 4.79 Å². The van der Waals surface area contributed by atoms with Crippen LogP contribution in [-0.2, 0) is 11.2 Å². The zero-order chi connectivity index (χ0) is 31.5. The summed E-state index contributed by atoms with van der Waals surface area (Å²) in [6.45, 7) is 7.54. The minimum Gasteiger partial charge on any atom is -0.494 e. The first kappa shape index (κ1) is 32.2. The third-order valence-corrected chi connectivity index (χ3v) is 6.72. The molecule has 0 saturated carbocycles. The monoisotopic (exact) mass is 594 g/mol. The number of carbonyl (C=O) groups is 2. The van der Waals surface area contributed by atoms with Gasteiger partial charge in [-0.2, -0.15) is 0 Å². The van der Waals surface area contributed by atoms with E-state index in [1.807, 2.05) is 102 Å². The predicted molar refractivity (Wildman–Crippen MR) is 176 cm³/mol. The fourth-order valence-corrected chi connectivity index (χ4v) is 4.57. The number of aromatic nitrogens is 1. The van der Waals surface area contributed by atoms with Crippen LogP contribution >= 0.6 is 0 Å². The van der Waals surface area contributed by atoms with Crippen LogP contribution in [0.15, 0.2) is 97.2 Å². The molecule has 0 atom stereocenters. The van der Waals surface area contributed by atoms with Crippen LogP contribution in [0.1, 0.15) is 43.2 Å². The molecular formula is C36H42N4O4. The molecule has 0 radical (unpaired) electrons. The van der Waals surface area contributed by atoms with Crippen LogP contribution in [0.4, 0.5) is 16.2 Å². The molecule has 44 heavy (non-hydrogen) atoms. The van der Waals surface area contributed by atoms with Gasteiger partial charge in [-0.15, -0.1) is 0 Å². The predicted octanol–water partition coefficient (Wildman–Crippen LogP) is 7.32. The van der Waals surface area contributed by atoms with Gasteiger partial charge in [-0.1, -0.05) is 36.4 Å². The highest BCUT2D eigenvalue weighted by Gasteiger charge is 2.24. The Morgan fingerprint density at radius 1 is 0.841 bits per heavy atom. The lowest BCUT2D eigenvalue weighted by Gasteiger charge is -2.27. The Morgan fingerprint density at radius 3 is 2.20 bits per heavy atom. The molecule has 1 heterocycles. The number of anilines is 2. The van der Waals surface area contributed by atoms with Gasteiger partial charge in [-0.05, 0) is 107 Å². The van der Waals surface area contributed by atoms with E-state index in [1.54, 1.807) is 35.4 Å². The highest BCUT2D eigenvalue weighted by Crippen LogP contribution is 2.27. The molecule has 2 amide bonds. The average Bonchev–Trinajstić information content (AvgIpc) is 3.00. The summed E-state index contributed by atoms with van der Waals surface area (Å²) in [5.74, 6) is 0.575. The highest BCUT2D eigenvalue weighted by atomic mass is 16.6. The third-order valence-electron chi connectivity index (χ3n) is 6.72. The second-order valence-electron chi connectivity index (χ2n) is 11.8. The molecule has 0 aliphatic carbocycles. The molecule has 8 nitrogen and oxygen atoms in total. The second-order valence-corrected chi connectivity index (χ2v) is 11.8. The molecule has 0 aliphatic heterocycles. The Balaban J connectivity index is 1.45. The molecule has 1 aromatic heterocycles. The molecular weight excluding hydrogens is 552 g/mol. The molecule has 4 aromatic rings. The van der Waals surface area contributed by atoms with Crippen molar-refractivity contribution in [3.05, 3.63) is 108 Å². The standard InChI is InChI=1S/C36H42N4O4/c1-36(2,3)44-35(42)40(25-22-28-11-8-9-23-37-28)30-18-16-29(17-19-30)38-34(41)33-13-7-6-12-32(33)27-14-20-31(21-15-27)43-26-10-24-39(4)5/h6-9,11-21,23H,10,22,24-26H2,1-5H3,(H,38,41). The number of rotatable bonds is 12. The zero-order valence-corrected chi connectivity index (χ0v) is 26.2. The van der Waals surface area contributed by atoms with Crippen LogP contribution in [0.2, 0.25) is 0 Å². The van der Waals surface area contributed by atoms with Crippen molar-refractivity contribution in [3.63, 3.8) is 0 Å². The van der Waals surface area contributed by atoms with E-state index < -0.39 is 11.7 Å². The summed E-state index contributed by atoms with van der Waals surface area (Å²) in [6, 6.07) is 28.2. The lowest BCUT2D eigenvalue weighted by molar-refractivity contribution is 0.0580. The maximum atomic E-state index is 13.4. The van der Waals surface area contributed by atoms with Crippen LogP contribution in [0, 0.1) is 0 Å². The minimum atomic E-state index is -0.638. The summed E-state index contributed by atoms with van der Waals surface area (Å²) in [5, 5.41) is 3.00. The smallest absolute Gasteiger partial charge is 0.414 e. The van der Waals surface area contributed by atoms with Crippen LogP contribution < -0.4 is 15.0 Å². The van der Waals surface area contributed by atoms with Crippen LogP contribution in [0.3, 0.4) is 0 Å². The lowest BCUT2D eigenvalue weighted by Crippen LogP contribution is -2.38. The molecule has 4 rings (SSSR count). The van der Waals surface area contributed by atoms with Crippen LogP contribution in [0.5, 0.6) is 5.75 Å². The number of amides is 2. The number of hydrogen-bond acceptors (Lipinski definition) is 6. The third kappa shape index (κ3) is 9.67. The number of benzene rings is 3. The Morgan fingerprint density at radius 2 is 1.55 bits per heavy atom. The number of nitrogens with zero attached hydrogens (tertiary/aromatic N) is 3. The van der Waals surface area contributed by atoms with E-state index in [0.29, 0.717) is 36.5 Å². The van der Waals surface area contributed by atoms with Gasteiger partial charge in [0.25, 0.3) is 5.91 Å². The fraction of sp³-hybridized carbons (Fsp3) is 0.306. The first-order valence-electron chi connectivity index (χ1n) is 14.9. The molecule has 0 unspecified atom stereocenters. The van der Waals surface area contributed by atoms with Crippen LogP contribution in [0.25, 0.3) is 11.1 Å². The zero-order valence-electron chi connectivity index (χ0n) is 26.2. The van der Waals surface area contributed by atoms with Crippen molar-refractivity contribution in [2.24, 2.45) is 0 Å². The molecule has 1 N–H and O–H groups in total. The summed E-state index contributed by atoms with van der Waals surface area (Å²) in [5.41, 5.74) is 3.83. The lowest BCUT2D eigenvalue weighted by atomic mass is 9.99. The van der Waals surface area contributed by atoms with E-state index in [-0.39, 0.29) is 5.91 Å². The van der Waals surface area contributed by atoms with Crippen molar-refractivity contribution in [2.75, 3.05) is 44.0 Å². The SMILES string of the molecule is CN(C)CCCOc1ccc(-c2ccccc2C(=O)Nc2ccc(N(CCc3ccccn3)C(=O)OC(C)(C)C)cc2)cc1. The molecule has 0 spiro atoms. The van der Waals surface area contributed by atoms with Crippen LogP contribution in [-0.4, -0.2) is 61.3 Å². The molecule has 230 valence electrons. The normalized spacial score (nSPS) is 11.2. The summed E-state index contributed by atoms with van der Waals surface area (Å²) in [6.07, 6.45) is 2.81. The number of hydrogen-bond donors (Lipinski definition) is 1. The average molecular weight is 595 g/mol. The molecule has 0 aliphatic rings. The van der Waals surface area contributed by atoms with E-state index >= 15 is 0 Å². The molecule has 0 bridgehead atoms. The van der Waals surface area contributed by atoms with Gasteiger partial charge in [0.1, 0.15) is 11.4 Å². The van der Waals surface area contributed by atoms with Crippen molar-refractivity contribution in [1.82, 2.24) is 9.88 Å². The fourth-order valence-electron chi connectivity index (χ4n) is 4.57. The minimum absolute atomic E-state index is 0.225. The number of ether oxygens (including phenoxy) is 2. The van der Waals surface area contributed by atoms with E-state index in [0.717, 1.165) is 35.5 Å². The van der Waals surface area contributed by atoms with Crippen molar-refractivity contribution >= 4 is 23.4 Å². The first-order valence-corrected chi connectivity index (χ1v) is 14.9. The molecule has 8 heteroatoms. The Labute approximate surface area is 260 Å². The van der Waals surface area contributed by atoms with E-state index in [9.17, 15) is 9.59 Å². The Kier molecular flexibility index (Phi) is 11.1. The molecule has 3 aromatic carbocycles. The van der Waals surface area contributed by atoms with Crippen molar-refractivity contribution in [1.29, 1.82) is 0 Å². The van der Waals surface area contributed by atoms with E-state index in [4.69, 9.17) is 9.47 Å². The number of pyridine rings is 1. The van der Waals surface area contributed by atoms with E-state index in [2.05, 4.69) is 15.2 Å². The summed E-state index contributed by atoms with van der Waals surface area (Å²) in [7, 11) is 4.09. The molecule has 0 saturated heterocycles. The number of carbonyl (C=O) groups excluding carboxylic acids is 2. The van der Waals surface area contributed by atoms with Crippen molar-refractivity contribution < 1.29 is 19.1 Å². The maximum absolute atomic E-state index is 13.4. The summed E-state index contributed by atoms with van der Waals surface area (Å²) >= 11 is 0.